The number of piperidine rings is 1. The Morgan fingerprint density at radius 3 is 2.42 bits per heavy atom. The first-order valence-electron chi connectivity index (χ1n) is 10.7. The minimum absolute atomic E-state index is 0.00893. The topological polar surface area (TPSA) is 103 Å². The van der Waals surface area contributed by atoms with E-state index >= 15 is 0 Å². The largest absolute Gasteiger partial charge is 0.341 e. The number of hydrogen-bond acceptors (Lipinski definition) is 6. The average Bonchev–Trinajstić information content (AvgIpc) is 3.03. The summed E-state index contributed by atoms with van der Waals surface area (Å²) in [5, 5.41) is 3.46. The van der Waals surface area contributed by atoms with Crippen LogP contribution in [0.4, 0.5) is 9.93 Å². The number of anilines is 1. The second-order valence-electron chi connectivity index (χ2n) is 9.34. The number of amides is 3. The Morgan fingerprint density at radius 1 is 1.10 bits per heavy atom. The summed E-state index contributed by atoms with van der Waals surface area (Å²) in [6.45, 7) is 9.07. The zero-order chi connectivity index (χ0) is 22.8. The van der Waals surface area contributed by atoms with E-state index < -0.39 is 10.0 Å². The molecule has 9 nitrogen and oxygen atoms in total. The van der Waals surface area contributed by atoms with E-state index in [1.54, 1.807) is 16.0 Å². The number of rotatable bonds is 3. The van der Waals surface area contributed by atoms with Gasteiger partial charge in [0, 0.05) is 50.3 Å². The van der Waals surface area contributed by atoms with E-state index in [-0.39, 0.29) is 29.8 Å². The van der Waals surface area contributed by atoms with E-state index in [1.165, 1.54) is 21.9 Å². The third-order valence-corrected chi connectivity index (χ3v) is 8.36. The number of aromatic nitrogens is 1. The average molecular weight is 472 g/mol. The van der Waals surface area contributed by atoms with E-state index in [9.17, 15) is 18.0 Å². The molecule has 1 unspecified atom stereocenters. The summed E-state index contributed by atoms with van der Waals surface area (Å²) < 4.78 is 25.1. The molecule has 31 heavy (non-hydrogen) atoms. The lowest BCUT2D eigenvalue weighted by molar-refractivity contribution is -0.136. The van der Waals surface area contributed by atoms with Crippen LogP contribution in [0.3, 0.4) is 0 Å². The standard InChI is InChI=1S/C20H33N5O4S2/c1-20(2,3)16-13-21-18(30-16)22-19(27)24-9-6-8-23(11-12-24)17(26)15-7-5-10-25(14-15)31(4,28)29/h13,15H,5-12,14H2,1-4H3,(H,21,22,27). The van der Waals surface area contributed by atoms with Crippen LogP contribution < -0.4 is 5.32 Å². The fourth-order valence-electron chi connectivity index (χ4n) is 3.89. The number of urea groups is 1. The molecule has 11 heteroatoms. The molecule has 1 aromatic heterocycles. The maximum absolute atomic E-state index is 13.0. The van der Waals surface area contributed by atoms with Crippen molar-refractivity contribution in [3.8, 4) is 0 Å². The highest BCUT2D eigenvalue weighted by Crippen LogP contribution is 2.30. The van der Waals surface area contributed by atoms with Crippen molar-refractivity contribution in [1.29, 1.82) is 0 Å². The van der Waals surface area contributed by atoms with Crippen LogP contribution in [-0.4, -0.2) is 85.0 Å². The van der Waals surface area contributed by atoms with Crippen LogP contribution >= 0.6 is 11.3 Å². The summed E-state index contributed by atoms with van der Waals surface area (Å²) in [7, 11) is -3.29. The van der Waals surface area contributed by atoms with Gasteiger partial charge in [0.15, 0.2) is 5.13 Å². The minimum Gasteiger partial charge on any atom is -0.341 e. The van der Waals surface area contributed by atoms with E-state index in [0.29, 0.717) is 57.1 Å². The molecule has 3 amide bonds. The summed E-state index contributed by atoms with van der Waals surface area (Å²) in [6, 6.07) is -0.204. The highest BCUT2D eigenvalue weighted by molar-refractivity contribution is 7.88. The van der Waals surface area contributed by atoms with E-state index in [1.807, 2.05) is 0 Å². The number of hydrogen-bond donors (Lipinski definition) is 1. The van der Waals surface area contributed by atoms with Gasteiger partial charge in [0.25, 0.3) is 0 Å². The number of carbonyl (C=O) groups is 2. The lowest BCUT2D eigenvalue weighted by atomic mass is 9.96. The Kier molecular flexibility index (Phi) is 7.27. The van der Waals surface area contributed by atoms with Crippen molar-refractivity contribution in [2.75, 3.05) is 50.8 Å². The first-order valence-corrected chi connectivity index (χ1v) is 13.4. The van der Waals surface area contributed by atoms with Crippen molar-refractivity contribution < 1.29 is 18.0 Å². The van der Waals surface area contributed by atoms with Gasteiger partial charge in [0.1, 0.15) is 0 Å². The molecular formula is C20H33N5O4S2. The SMILES string of the molecule is CC(C)(C)c1cnc(NC(=O)N2CCCN(C(=O)C3CCCN(S(C)(=O)=O)C3)CC2)s1. The van der Waals surface area contributed by atoms with Crippen molar-refractivity contribution >= 4 is 38.4 Å². The maximum atomic E-state index is 13.0. The quantitative estimate of drug-likeness (QED) is 0.728. The van der Waals surface area contributed by atoms with Crippen molar-refractivity contribution in [3.05, 3.63) is 11.1 Å². The first-order chi connectivity index (χ1) is 14.4. The van der Waals surface area contributed by atoms with E-state index in [4.69, 9.17) is 0 Å². The monoisotopic (exact) mass is 471 g/mol. The van der Waals surface area contributed by atoms with Gasteiger partial charge in [-0.1, -0.05) is 20.8 Å². The van der Waals surface area contributed by atoms with E-state index in [2.05, 4.69) is 31.1 Å². The normalized spacial score (nSPS) is 21.6. The first kappa shape index (κ1) is 23.9. The van der Waals surface area contributed by atoms with Gasteiger partial charge in [0.05, 0.1) is 12.2 Å². The molecule has 2 aliphatic heterocycles. The molecule has 0 aliphatic carbocycles. The number of nitrogens with zero attached hydrogens (tertiary/aromatic N) is 4. The van der Waals surface area contributed by atoms with Crippen molar-refractivity contribution in [1.82, 2.24) is 19.1 Å². The number of sulfonamides is 1. The highest BCUT2D eigenvalue weighted by Gasteiger charge is 2.33. The van der Waals surface area contributed by atoms with Crippen molar-refractivity contribution in [3.63, 3.8) is 0 Å². The van der Waals surface area contributed by atoms with Gasteiger partial charge in [-0.25, -0.2) is 22.5 Å². The van der Waals surface area contributed by atoms with Gasteiger partial charge in [-0.3, -0.25) is 10.1 Å². The fourth-order valence-corrected chi connectivity index (χ4v) is 5.67. The smallest absolute Gasteiger partial charge is 0.323 e. The van der Waals surface area contributed by atoms with E-state index in [0.717, 1.165) is 4.88 Å². The maximum Gasteiger partial charge on any atom is 0.323 e. The van der Waals surface area contributed by atoms with Gasteiger partial charge < -0.3 is 9.80 Å². The summed E-state index contributed by atoms with van der Waals surface area (Å²) in [4.78, 5) is 34.7. The predicted molar refractivity (Wildman–Crippen MR) is 122 cm³/mol. The van der Waals surface area contributed by atoms with Gasteiger partial charge in [-0.2, -0.15) is 0 Å². The predicted octanol–water partition coefficient (Wildman–Crippen LogP) is 2.18. The Morgan fingerprint density at radius 2 is 1.77 bits per heavy atom. The van der Waals surface area contributed by atoms with Crippen molar-refractivity contribution in [2.24, 2.45) is 5.92 Å². The highest BCUT2D eigenvalue weighted by atomic mass is 32.2. The van der Waals surface area contributed by atoms with Gasteiger partial charge in [-0.05, 0) is 24.7 Å². The molecule has 0 saturated carbocycles. The van der Waals surface area contributed by atoms with Crippen LogP contribution in [0.5, 0.6) is 0 Å². The minimum atomic E-state index is -3.29. The van der Waals surface area contributed by atoms with Crippen molar-refractivity contribution in [2.45, 2.75) is 45.4 Å². The Balaban J connectivity index is 1.55. The van der Waals surface area contributed by atoms with Crippen LogP contribution in [0.1, 0.15) is 44.9 Å². The third kappa shape index (κ3) is 6.17. The summed E-state index contributed by atoms with van der Waals surface area (Å²) in [5.74, 6) is -0.319. The van der Waals surface area contributed by atoms with Crippen LogP contribution in [0.2, 0.25) is 0 Å². The number of nitrogens with one attached hydrogen (secondary N) is 1. The molecular weight excluding hydrogens is 438 g/mol. The molecule has 0 aromatic carbocycles. The lowest BCUT2D eigenvalue weighted by Gasteiger charge is -2.33. The molecule has 0 spiro atoms. The number of thiazole rings is 1. The van der Waals surface area contributed by atoms with Crippen LogP contribution in [0.25, 0.3) is 0 Å². The molecule has 1 atom stereocenters. The van der Waals surface area contributed by atoms with Crippen LogP contribution in [0.15, 0.2) is 6.20 Å². The third-order valence-electron chi connectivity index (χ3n) is 5.76. The summed E-state index contributed by atoms with van der Waals surface area (Å²) in [6.07, 6.45) is 5.07. The molecule has 0 radical (unpaired) electrons. The Bertz CT molecular complexity index is 909. The second-order valence-corrected chi connectivity index (χ2v) is 12.3. The second kappa shape index (κ2) is 9.41. The van der Waals surface area contributed by atoms with Crippen LogP contribution in [0, 0.1) is 5.92 Å². The summed E-state index contributed by atoms with van der Waals surface area (Å²) in [5.41, 5.74) is -0.0179. The van der Waals surface area contributed by atoms with Crippen LogP contribution in [-0.2, 0) is 20.2 Å². The molecule has 1 N–H and O–H groups in total. The lowest BCUT2D eigenvalue weighted by Crippen LogP contribution is -2.47. The van der Waals surface area contributed by atoms with Gasteiger partial charge >= 0.3 is 6.03 Å². The Hall–Kier alpha value is -1.72. The molecule has 1 aromatic rings. The molecule has 2 fully saturated rings. The molecule has 2 saturated heterocycles. The number of carbonyl (C=O) groups excluding carboxylic acids is 2. The summed E-state index contributed by atoms with van der Waals surface area (Å²) >= 11 is 1.48. The fraction of sp³-hybridized carbons (Fsp3) is 0.750. The van der Waals surface area contributed by atoms with Gasteiger partial charge in [-0.15, -0.1) is 11.3 Å². The zero-order valence-corrected chi connectivity index (χ0v) is 20.4. The molecule has 3 rings (SSSR count). The molecule has 0 bridgehead atoms. The zero-order valence-electron chi connectivity index (χ0n) is 18.8. The molecule has 174 valence electrons. The molecule has 3 heterocycles. The Labute approximate surface area is 188 Å². The van der Waals surface area contributed by atoms with Gasteiger partial charge in [0.2, 0.25) is 15.9 Å². The molecule has 2 aliphatic rings.